The van der Waals surface area contributed by atoms with E-state index in [0.717, 1.165) is 10.9 Å². The Morgan fingerprint density at radius 2 is 1.71 bits per heavy atom. The van der Waals surface area contributed by atoms with Gasteiger partial charge in [-0.15, -0.1) is 0 Å². The summed E-state index contributed by atoms with van der Waals surface area (Å²) in [4.78, 5) is 3.14. The predicted molar refractivity (Wildman–Crippen MR) is 82.3 cm³/mol. The largest absolute Gasteiger partial charge is 0.493 e. The number of benzene rings is 2. The minimum absolute atomic E-state index is 0.609. The molecule has 3 rings (SSSR count). The maximum atomic E-state index is 5.94. The van der Waals surface area contributed by atoms with Gasteiger partial charge in [0.1, 0.15) is 11.5 Å². The molecular weight excluding hydrogens is 268 g/mol. The number of fused-ring (bicyclic) bond motifs is 1. The molecule has 3 N–H and O–H groups in total. The molecule has 1 heterocycles. The Hall–Kier alpha value is -2.82. The van der Waals surface area contributed by atoms with E-state index in [0.29, 0.717) is 28.7 Å². The number of nitrogens with two attached hydrogens (primary N) is 1. The van der Waals surface area contributed by atoms with Crippen LogP contribution >= 0.6 is 0 Å². The SMILES string of the molecule is COc1cc(Oc2ccc(N)cc2)c2cc[nH]c2c1OC. The lowest BCUT2D eigenvalue weighted by Gasteiger charge is -2.13. The first kappa shape index (κ1) is 13.2. The van der Waals surface area contributed by atoms with Crippen molar-refractivity contribution in [2.45, 2.75) is 0 Å². The molecule has 5 heteroatoms. The molecule has 0 amide bonds. The molecule has 2 aromatic carbocycles. The summed E-state index contributed by atoms with van der Waals surface area (Å²) in [5.74, 6) is 2.66. The number of nitrogen functional groups attached to an aromatic ring is 1. The van der Waals surface area contributed by atoms with Crippen molar-refractivity contribution < 1.29 is 14.2 Å². The number of hydrogen-bond donors (Lipinski definition) is 2. The molecule has 0 saturated heterocycles. The Kier molecular flexibility index (Phi) is 3.31. The Bertz CT molecular complexity index is 763. The van der Waals surface area contributed by atoms with Crippen LogP contribution in [0.15, 0.2) is 42.6 Å². The normalized spacial score (nSPS) is 10.6. The van der Waals surface area contributed by atoms with E-state index < -0.39 is 0 Å². The van der Waals surface area contributed by atoms with Gasteiger partial charge in [-0.2, -0.15) is 0 Å². The van der Waals surface area contributed by atoms with E-state index in [4.69, 9.17) is 19.9 Å². The fourth-order valence-corrected chi connectivity index (χ4v) is 2.25. The molecule has 21 heavy (non-hydrogen) atoms. The first-order valence-corrected chi connectivity index (χ1v) is 6.48. The van der Waals surface area contributed by atoms with Crippen LogP contribution in [0.1, 0.15) is 0 Å². The number of anilines is 1. The van der Waals surface area contributed by atoms with Crippen LogP contribution in [0.25, 0.3) is 10.9 Å². The van der Waals surface area contributed by atoms with Gasteiger partial charge >= 0.3 is 0 Å². The van der Waals surface area contributed by atoms with E-state index in [1.165, 1.54) is 0 Å². The quantitative estimate of drug-likeness (QED) is 0.719. The third kappa shape index (κ3) is 2.33. The third-order valence-corrected chi connectivity index (χ3v) is 3.26. The van der Waals surface area contributed by atoms with E-state index in [9.17, 15) is 0 Å². The zero-order valence-electron chi connectivity index (χ0n) is 11.8. The summed E-state index contributed by atoms with van der Waals surface area (Å²) in [6.07, 6.45) is 1.84. The molecule has 0 aliphatic rings. The van der Waals surface area contributed by atoms with Gasteiger partial charge in [0, 0.05) is 23.3 Å². The van der Waals surface area contributed by atoms with E-state index >= 15 is 0 Å². The number of rotatable bonds is 4. The van der Waals surface area contributed by atoms with Crippen LogP contribution < -0.4 is 19.9 Å². The van der Waals surface area contributed by atoms with Gasteiger partial charge in [-0.05, 0) is 30.3 Å². The molecule has 0 aliphatic heterocycles. The third-order valence-electron chi connectivity index (χ3n) is 3.26. The summed E-state index contributed by atoms with van der Waals surface area (Å²) in [7, 11) is 3.21. The Morgan fingerprint density at radius 1 is 0.952 bits per heavy atom. The summed E-state index contributed by atoms with van der Waals surface area (Å²) in [5.41, 5.74) is 7.21. The zero-order valence-corrected chi connectivity index (χ0v) is 11.8. The van der Waals surface area contributed by atoms with Crippen molar-refractivity contribution in [3.8, 4) is 23.0 Å². The molecule has 0 fully saturated rings. The number of H-pyrrole nitrogens is 1. The maximum absolute atomic E-state index is 5.94. The molecule has 1 aromatic heterocycles. The minimum atomic E-state index is 0.609. The van der Waals surface area contributed by atoms with E-state index in [-0.39, 0.29) is 0 Å². The molecule has 3 aromatic rings. The second kappa shape index (κ2) is 5.28. The highest BCUT2D eigenvalue weighted by atomic mass is 16.5. The first-order chi connectivity index (χ1) is 10.2. The van der Waals surface area contributed by atoms with Gasteiger partial charge in [-0.25, -0.2) is 0 Å². The number of methoxy groups -OCH3 is 2. The second-order valence-corrected chi connectivity index (χ2v) is 4.55. The lowest BCUT2D eigenvalue weighted by Crippen LogP contribution is -1.94. The van der Waals surface area contributed by atoms with Crippen LogP contribution in [0.2, 0.25) is 0 Å². The molecule has 0 spiro atoms. The molecule has 0 atom stereocenters. The number of nitrogens with one attached hydrogen (secondary N) is 1. The molecule has 0 radical (unpaired) electrons. The van der Waals surface area contributed by atoms with Crippen LogP contribution in [0.4, 0.5) is 5.69 Å². The first-order valence-electron chi connectivity index (χ1n) is 6.48. The number of aromatic amines is 1. The summed E-state index contributed by atoms with van der Waals surface area (Å²) in [6, 6.07) is 11.0. The summed E-state index contributed by atoms with van der Waals surface area (Å²) < 4.78 is 16.7. The van der Waals surface area contributed by atoms with Crippen LogP contribution in [0.3, 0.4) is 0 Å². The van der Waals surface area contributed by atoms with Crippen LogP contribution in [0, 0.1) is 0 Å². The van der Waals surface area contributed by atoms with Crippen LogP contribution in [-0.4, -0.2) is 19.2 Å². The van der Waals surface area contributed by atoms with Crippen LogP contribution in [0.5, 0.6) is 23.0 Å². The number of ether oxygens (including phenoxy) is 3. The lowest BCUT2D eigenvalue weighted by molar-refractivity contribution is 0.355. The van der Waals surface area contributed by atoms with Crippen molar-refractivity contribution in [2.75, 3.05) is 20.0 Å². The highest BCUT2D eigenvalue weighted by Crippen LogP contribution is 2.42. The van der Waals surface area contributed by atoms with E-state index in [1.54, 1.807) is 26.4 Å². The Balaban J connectivity index is 2.09. The average molecular weight is 284 g/mol. The smallest absolute Gasteiger partial charge is 0.185 e. The molecule has 108 valence electrons. The van der Waals surface area contributed by atoms with Gasteiger partial charge in [0.15, 0.2) is 11.5 Å². The van der Waals surface area contributed by atoms with Gasteiger partial charge in [0.25, 0.3) is 0 Å². The van der Waals surface area contributed by atoms with Crippen molar-refractivity contribution in [1.82, 2.24) is 4.98 Å². The average Bonchev–Trinajstić information content (AvgIpc) is 2.98. The molecule has 0 aliphatic carbocycles. The summed E-state index contributed by atoms with van der Waals surface area (Å²) >= 11 is 0. The standard InChI is InChI=1S/C16H16N2O3/c1-19-14-9-13(21-11-5-3-10(17)4-6-11)12-7-8-18-15(12)16(14)20-2/h3-9,18H,17H2,1-2H3. The minimum Gasteiger partial charge on any atom is -0.493 e. The van der Waals surface area contributed by atoms with Gasteiger partial charge in [-0.1, -0.05) is 0 Å². The van der Waals surface area contributed by atoms with Gasteiger partial charge in [0.2, 0.25) is 0 Å². The van der Waals surface area contributed by atoms with E-state index in [2.05, 4.69) is 4.98 Å². The lowest BCUT2D eigenvalue weighted by atomic mass is 10.2. The predicted octanol–water partition coefficient (Wildman–Crippen LogP) is 3.56. The summed E-state index contributed by atoms with van der Waals surface area (Å²) in [5, 5.41) is 0.921. The van der Waals surface area contributed by atoms with Gasteiger partial charge in [0.05, 0.1) is 19.7 Å². The Morgan fingerprint density at radius 3 is 2.38 bits per heavy atom. The van der Waals surface area contributed by atoms with Gasteiger partial charge < -0.3 is 24.9 Å². The van der Waals surface area contributed by atoms with Crippen molar-refractivity contribution in [3.63, 3.8) is 0 Å². The zero-order chi connectivity index (χ0) is 14.8. The molecule has 5 nitrogen and oxygen atoms in total. The van der Waals surface area contributed by atoms with Crippen molar-refractivity contribution in [2.24, 2.45) is 0 Å². The highest BCUT2D eigenvalue weighted by molar-refractivity contribution is 5.93. The van der Waals surface area contributed by atoms with E-state index in [1.807, 2.05) is 30.5 Å². The Labute approximate surface area is 122 Å². The second-order valence-electron chi connectivity index (χ2n) is 4.55. The van der Waals surface area contributed by atoms with Crippen molar-refractivity contribution in [3.05, 3.63) is 42.6 Å². The molecule has 0 saturated carbocycles. The van der Waals surface area contributed by atoms with Crippen molar-refractivity contribution >= 4 is 16.6 Å². The summed E-state index contributed by atoms with van der Waals surface area (Å²) in [6.45, 7) is 0. The van der Waals surface area contributed by atoms with Gasteiger partial charge in [-0.3, -0.25) is 0 Å². The van der Waals surface area contributed by atoms with Crippen LogP contribution in [-0.2, 0) is 0 Å². The molecule has 0 unspecified atom stereocenters. The van der Waals surface area contributed by atoms with Crippen molar-refractivity contribution in [1.29, 1.82) is 0 Å². The topological polar surface area (TPSA) is 69.5 Å². The molecular formula is C16H16N2O3. The molecule has 0 bridgehead atoms. The number of hydrogen-bond acceptors (Lipinski definition) is 4. The fraction of sp³-hybridized carbons (Fsp3) is 0.125. The fourth-order valence-electron chi connectivity index (χ4n) is 2.25. The highest BCUT2D eigenvalue weighted by Gasteiger charge is 2.15. The number of aromatic nitrogens is 1. The monoisotopic (exact) mass is 284 g/mol. The maximum Gasteiger partial charge on any atom is 0.185 e.